The maximum Gasteiger partial charge on any atom is 0.252 e. The maximum absolute atomic E-state index is 12.7. The lowest BCUT2D eigenvalue weighted by Gasteiger charge is -2.30. The van der Waals surface area contributed by atoms with Crippen LogP contribution in [-0.4, -0.2) is 38.3 Å². The predicted molar refractivity (Wildman–Crippen MR) is 102 cm³/mol. The molecule has 1 saturated heterocycles. The van der Waals surface area contributed by atoms with Gasteiger partial charge in [-0.25, -0.2) is 8.42 Å². The minimum atomic E-state index is -3.49. The SMILES string of the molecule is Cc1ccc(S(=O)(=O)N2CCCC(C(=O)NCCc3cccs3)C2)s1. The largest absolute Gasteiger partial charge is 0.355 e. The van der Waals surface area contributed by atoms with Crippen molar-refractivity contribution in [2.24, 2.45) is 5.92 Å². The molecule has 8 heteroatoms. The maximum atomic E-state index is 12.7. The summed E-state index contributed by atoms with van der Waals surface area (Å²) in [5.74, 6) is -0.313. The quantitative estimate of drug-likeness (QED) is 0.814. The van der Waals surface area contributed by atoms with E-state index in [2.05, 4.69) is 11.4 Å². The molecule has 3 heterocycles. The van der Waals surface area contributed by atoms with Crippen LogP contribution in [-0.2, 0) is 21.2 Å². The molecule has 0 radical (unpaired) electrons. The molecule has 3 rings (SSSR count). The minimum absolute atomic E-state index is 0.0428. The van der Waals surface area contributed by atoms with Gasteiger partial charge in [-0.05, 0) is 49.8 Å². The smallest absolute Gasteiger partial charge is 0.252 e. The average Bonchev–Trinajstić information content (AvgIpc) is 3.27. The van der Waals surface area contributed by atoms with Gasteiger partial charge in [0, 0.05) is 29.4 Å². The Balaban J connectivity index is 1.57. The van der Waals surface area contributed by atoms with E-state index in [9.17, 15) is 13.2 Å². The van der Waals surface area contributed by atoms with Gasteiger partial charge in [0.15, 0.2) is 0 Å². The first kappa shape index (κ1) is 18.6. The molecule has 1 unspecified atom stereocenters. The molecule has 2 aromatic rings. The highest BCUT2D eigenvalue weighted by Gasteiger charge is 2.33. The zero-order valence-corrected chi connectivity index (χ0v) is 16.6. The Bertz CT molecular complexity index is 812. The van der Waals surface area contributed by atoms with Gasteiger partial charge in [0.05, 0.1) is 5.92 Å². The number of rotatable bonds is 6. The lowest BCUT2D eigenvalue weighted by Crippen LogP contribution is -2.45. The number of aryl methyl sites for hydroxylation is 1. The predicted octanol–water partition coefficient (Wildman–Crippen LogP) is 2.88. The van der Waals surface area contributed by atoms with E-state index in [1.807, 2.05) is 24.4 Å². The van der Waals surface area contributed by atoms with Crippen molar-refractivity contribution < 1.29 is 13.2 Å². The summed E-state index contributed by atoms with van der Waals surface area (Å²) in [7, 11) is -3.49. The second-order valence-electron chi connectivity index (χ2n) is 6.19. The molecule has 1 amide bonds. The Morgan fingerprint density at radius 1 is 1.36 bits per heavy atom. The third-order valence-corrected chi connectivity index (χ3v) is 8.58. The van der Waals surface area contributed by atoms with Crippen molar-refractivity contribution >= 4 is 38.6 Å². The molecule has 2 aromatic heterocycles. The van der Waals surface area contributed by atoms with Gasteiger partial charge in [-0.3, -0.25) is 4.79 Å². The van der Waals surface area contributed by atoms with Crippen LogP contribution in [0.25, 0.3) is 0 Å². The lowest BCUT2D eigenvalue weighted by atomic mass is 9.99. The first-order chi connectivity index (χ1) is 12.0. The summed E-state index contributed by atoms with van der Waals surface area (Å²) in [4.78, 5) is 14.6. The molecule has 0 bridgehead atoms. The normalized spacial score (nSPS) is 19.0. The van der Waals surface area contributed by atoms with E-state index < -0.39 is 10.0 Å². The molecule has 25 heavy (non-hydrogen) atoms. The Hall–Kier alpha value is -1.22. The van der Waals surface area contributed by atoms with Crippen molar-refractivity contribution in [3.8, 4) is 0 Å². The molecule has 1 fully saturated rings. The summed E-state index contributed by atoms with van der Waals surface area (Å²) >= 11 is 2.96. The minimum Gasteiger partial charge on any atom is -0.355 e. The number of carbonyl (C=O) groups is 1. The first-order valence-electron chi connectivity index (χ1n) is 8.33. The molecule has 1 N–H and O–H groups in total. The molecule has 1 aliphatic rings. The van der Waals surface area contributed by atoms with Crippen LogP contribution in [0.1, 0.15) is 22.6 Å². The van der Waals surface area contributed by atoms with E-state index in [4.69, 9.17) is 0 Å². The van der Waals surface area contributed by atoms with Gasteiger partial charge in [0.1, 0.15) is 4.21 Å². The number of sulfonamides is 1. The van der Waals surface area contributed by atoms with Crippen molar-refractivity contribution in [2.45, 2.75) is 30.4 Å². The number of hydrogen-bond donors (Lipinski definition) is 1. The van der Waals surface area contributed by atoms with Gasteiger partial charge in [0.2, 0.25) is 5.91 Å². The van der Waals surface area contributed by atoms with Crippen molar-refractivity contribution in [2.75, 3.05) is 19.6 Å². The van der Waals surface area contributed by atoms with Gasteiger partial charge < -0.3 is 5.32 Å². The van der Waals surface area contributed by atoms with Crippen LogP contribution in [0.4, 0.5) is 0 Å². The number of hydrogen-bond acceptors (Lipinski definition) is 5. The first-order valence-corrected chi connectivity index (χ1v) is 11.5. The van der Waals surface area contributed by atoms with Crippen LogP contribution < -0.4 is 5.32 Å². The van der Waals surface area contributed by atoms with Crippen LogP contribution in [0.5, 0.6) is 0 Å². The Labute approximate surface area is 156 Å². The molecule has 136 valence electrons. The van der Waals surface area contributed by atoms with E-state index in [-0.39, 0.29) is 18.4 Å². The Kier molecular flexibility index (Phi) is 5.93. The van der Waals surface area contributed by atoms with Crippen LogP contribution >= 0.6 is 22.7 Å². The Morgan fingerprint density at radius 2 is 2.20 bits per heavy atom. The van der Waals surface area contributed by atoms with Crippen molar-refractivity contribution in [3.63, 3.8) is 0 Å². The molecule has 0 spiro atoms. The summed E-state index contributed by atoms with van der Waals surface area (Å²) < 4.78 is 27.3. The number of thiophene rings is 2. The number of nitrogens with one attached hydrogen (secondary N) is 1. The summed E-state index contributed by atoms with van der Waals surface area (Å²) in [6, 6.07) is 7.52. The average molecular weight is 399 g/mol. The van der Waals surface area contributed by atoms with E-state index >= 15 is 0 Å². The topological polar surface area (TPSA) is 66.5 Å². The second-order valence-corrected chi connectivity index (χ2v) is 10.7. The monoisotopic (exact) mass is 398 g/mol. The van der Waals surface area contributed by atoms with Crippen LogP contribution in [0.3, 0.4) is 0 Å². The summed E-state index contributed by atoms with van der Waals surface area (Å²) in [6.07, 6.45) is 2.26. The lowest BCUT2D eigenvalue weighted by molar-refractivity contribution is -0.126. The van der Waals surface area contributed by atoms with Gasteiger partial charge in [-0.2, -0.15) is 4.31 Å². The van der Waals surface area contributed by atoms with Crippen molar-refractivity contribution in [1.82, 2.24) is 9.62 Å². The fourth-order valence-corrected chi connectivity index (χ4v) is 6.63. The molecule has 1 aliphatic heterocycles. The third kappa shape index (κ3) is 4.49. The van der Waals surface area contributed by atoms with Gasteiger partial charge in [-0.15, -0.1) is 22.7 Å². The van der Waals surface area contributed by atoms with Gasteiger partial charge in [0.25, 0.3) is 10.0 Å². The molecule has 1 atom stereocenters. The third-order valence-electron chi connectivity index (χ3n) is 4.32. The highest BCUT2D eigenvalue weighted by atomic mass is 32.2. The van der Waals surface area contributed by atoms with Gasteiger partial charge >= 0.3 is 0 Å². The number of nitrogens with zero attached hydrogens (tertiary/aromatic N) is 1. The van der Waals surface area contributed by atoms with E-state index in [1.165, 1.54) is 20.5 Å². The summed E-state index contributed by atoms with van der Waals surface area (Å²) in [6.45, 7) is 3.23. The van der Waals surface area contributed by atoms with E-state index in [0.717, 1.165) is 17.7 Å². The fourth-order valence-electron chi connectivity index (χ4n) is 2.96. The number of carbonyl (C=O) groups excluding carboxylic acids is 1. The van der Waals surface area contributed by atoms with Crippen LogP contribution in [0.15, 0.2) is 33.9 Å². The fraction of sp³-hybridized carbons (Fsp3) is 0.471. The van der Waals surface area contributed by atoms with Crippen LogP contribution in [0.2, 0.25) is 0 Å². The van der Waals surface area contributed by atoms with Crippen molar-refractivity contribution in [3.05, 3.63) is 39.4 Å². The molecular weight excluding hydrogens is 376 g/mol. The summed E-state index contributed by atoms with van der Waals surface area (Å²) in [5, 5.41) is 4.98. The van der Waals surface area contributed by atoms with Gasteiger partial charge in [-0.1, -0.05) is 6.07 Å². The van der Waals surface area contributed by atoms with E-state index in [1.54, 1.807) is 17.4 Å². The zero-order valence-electron chi connectivity index (χ0n) is 14.1. The molecule has 0 saturated carbocycles. The highest BCUT2D eigenvalue weighted by Crippen LogP contribution is 2.28. The number of piperidine rings is 1. The van der Waals surface area contributed by atoms with Crippen LogP contribution in [0, 0.1) is 12.8 Å². The molecule has 5 nitrogen and oxygen atoms in total. The molecule has 0 aromatic carbocycles. The number of amides is 1. The van der Waals surface area contributed by atoms with Crippen molar-refractivity contribution in [1.29, 1.82) is 0 Å². The highest BCUT2D eigenvalue weighted by molar-refractivity contribution is 7.91. The Morgan fingerprint density at radius 3 is 2.88 bits per heavy atom. The van der Waals surface area contributed by atoms with E-state index in [0.29, 0.717) is 23.7 Å². The summed E-state index contributed by atoms with van der Waals surface area (Å²) in [5.41, 5.74) is 0. The second kappa shape index (κ2) is 7.99. The molecular formula is C17H22N2O3S3. The standard InChI is InChI=1S/C17H22N2O3S3/c1-13-6-7-16(24-13)25(21,22)19-10-2-4-14(12-19)17(20)18-9-8-15-5-3-11-23-15/h3,5-7,11,14H,2,4,8-10,12H2,1H3,(H,18,20). The molecule has 0 aliphatic carbocycles. The zero-order chi connectivity index (χ0) is 17.9.